The number of urea groups is 1. The van der Waals surface area contributed by atoms with Crippen molar-refractivity contribution in [1.82, 2.24) is 14.4 Å². The van der Waals surface area contributed by atoms with E-state index in [9.17, 15) is 4.79 Å². The molecule has 1 N–H and O–H groups in total. The lowest BCUT2D eigenvalue weighted by Gasteiger charge is -2.32. The van der Waals surface area contributed by atoms with Crippen LogP contribution in [0.5, 0.6) is 0 Å². The molecule has 0 spiro atoms. The maximum Gasteiger partial charge on any atom is 0.321 e. The lowest BCUT2D eigenvalue weighted by molar-refractivity contribution is 0.170. The van der Waals surface area contributed by atoms with E-state index in [1.807, 2.05) is 18.0 Å². The normalized spacial score (nSPS) is 18.4. The highest BCUT2D eigenvalue weighted by molar-refractivity contribution is 5.92. The Morgan fingerprint density at radius 1 is 1.35 bits per heavy atom. The minimum atomic E-state index is -0.0285. The molecule has 1 aliphatic heterocycles. The Balaban J connectivity index is 1.61. The maximum absolute atomic E-state index is 12.6. The average Bonchev–Trinajstić information content (AvgIpc) is 2.96. The topological polar surface area (TPSA) is 40.5 Å². The van der Waals surface area contributed by atoms with Crippen molar-refractivity contribution in [2.24, 2.45) is 11.8 Å². The van der Waals surface area contributed by atoms with Crippen molar-refractivity contribution < 1.29 is 4.79 Å². The van der Waals surface area contributed by atoms with E-state index >= 15 is 0 Å². The van der Waals surface area contributed by atoms with Crippen LogP contribution in [0.1, 0.15) is 26.7 Å². The van der Waals surface area contributed by atoms with Crippen molar-refractivity contribution in [1.29, 1.82) is 0 Å². The van der Waals surface area contributed by atoms with Crippen molar-refractivity contribution in [3.05, 3.63) is 30.5 Å². The van der Waals surface area contributed by atoms with Crippen LogP contribution in [0.15, 0.2) is 30.5 Å². The molecule has 2 heterocycles. The standard InChI is InChI=1S/C21H32N4O/c1-16(2)13-25-11-9-18-12-19(7-8-20(18)25)22-21(26)24(4)15-17-6-5-10-23(3)14-17/h7-9,11-12,16-17H,5-6,10,13-15H2,1-4H3,(H,22,26). The summed E-state index contributed by atoms with van der Waals surface area (Å²) in [5.74, 6) is 1.18. The first-order valence-electron chi connectivity index (χ1n) is 9.72. The largest absolute Gasteiger partial charge is 0.347 e. The molecule has 5 heteroatoms. The molecule has 2 aromatic rings. The summed E-state index contributed by atoms with van der Waals surface area (Å²) >= 11 is 0. The number of aromatic nitrogens is 1. The van der Waals surface area contributed by atoms with E-state index < -0.39 is 0 Å². The fraction of sp³-hybridized carbons (Fsp3) is 0.571. The molecular formula is C21H32N4O. The molecule has 3 rings (SSSR count). The Morgan fingerprint density at radius 2 is 2.15 bits per heavy atom. The number of likely N-dealkylation sites (tertiary alicyclic amines) is 1. The number of nitrogens with one attached hydrogen (secondary N) is 1. The van der Waals surface area contributed by atoms with E-state index in [1.54, 1.807) is 0 Å². The van der Waals surface area contributed by atoms with Gasteiger partial charge >= 0.3 is 6.03 Å². The minimum Gasteiger partial charge on any atom is -0.347 e. The third kappa shape index (κ3) is 4.58. The number of carbonyl (C=O) groups is 1. The van der Waals surface area contributed by atoms with Crippen LogP contribution in [0.2, 0.25) is 0 Å². The lowest BCUT2D eigenvalue weighted by Crippen LogP contribution is -2.41. The number of amides is 2. The predicted molar refractivity (Wildman–Crippen MR) is 109 cm³/mol. The van der Waals surface area contributed by atoms with Gasteiger partial charge in [-0.25, -0.2) is 4.79 Å². The number of anilines is 1. The zero-order valence-corrected chi connectivity index (χ0v) is 16.5. The van der Waals surface area contributed by atoms with Crippen LogP contribution in [0.3, 0.4) is 0 Å². The third-order valence-corrected chi connectivity index (χ3v) is 5.18. The highest BCUT2D eigenvalue weighted by Gasteiger charge is 2.20. The summed E-state index contributed by atoms with van der Waals surface area (Å²) in [5.41, 5.74) is 2.08. The first-order valence-corrected chi connectivity index (χ1v) is 9.72. The molecule has 1 atom stereocenters. The van der Waals surface area contributed by atoms with Gasteiger partial charge in [0.1, 0.15) is 0 Å². The molecule has 142 valence electrons. The number of piperidine rings is 1. The third-order valence-electron chi connectivity index (χ3n) is 5.18. The van der Waals surface area contributed by atoms with Gasteiger partial charge in [-0.05, 0) is 62.5 Å². The summed E-state index contributed by atoms with van der Waals surface area (Å²) < 4.78 is 2.28. The second-order valence-electron chi connectivity index (χ2n) is 8.22. The molecule has 0 radical (unpaired) electrons. The quantitative estimate of drug-likeness (QED) is 0.876. The first-order chi connectivity index (χ1) is 12.4. The van der Waals surface area contributed by atoms with Crippen molar-refractivity contribution in [3.8, 4) is 0 Å². The fourth-order valence-electron chi connectivity index (χ4n) is 3.94. The molecule has 1 aromatic carbocycles. The van der Waals surface area contributed by atoms with Crippen LogP contribution < -0.4 is 5.32 Å². The van der Waals surface area contributed by atoms with Crippen LogP contribution in [-0.4, -0.2) is 54.1 Å². The molecule has 1 unspecified atom stereocenters. The molecule has 1 saturated heterocycles. The van der Waals surface area contributed by atoms with Crippen LogP contribution in [-0.2, 0) is 6.54 Å². The number of fused-ring (bicyclic) bond motifs is 1. The molecule has 2 amide bonds. The number of hydrogen-bond acceptors (Lipinski definition) is 2. The van der Waals surface area contributed by atoms with Crippen LogP contribution in [0.4, 0.5) is 10.5 Å². The molecule has 0 bridgehead atoms. The van der Waals surface area contributed by atoms with Gasteiger partial charge in [0.25, 0.3) is 0 Å². The second kappa shape index (κ2) is 8.12. The lowest BCUT2D eigenvalue weighted by atomic mass is 9.98. The van der Waals surface area contributed by atoms with Gasteiger partial charge in [-0.1, -0.05) is 13.8 Å². The molecule has 5 nitrogen and oxygen atoms in total. The highest BCUT2D eigenvalue weighted by atomic mass is 16.2. The summed E-state index contributed by atoms with van der Waals surface area (Å²) in [5, 5.41) is 4.22. The van der Waals surface area contributed by atoms with E-state index in [2.05, 4.69) is 60.1 Å². The summed E-state index contributed by atoms with van der Waals surface area (Å²) in [6.45, 7) is 8.51. The van der Waals surface area contributed by atoms with E-state index in [1.165, 1.54) is 30.3 Å². The SMILES string of the molecule is CC(C)Cn1ccc2cc(NC(=O)N(C)CC3CCCN(C)C3)ccc21. The first kappa shape index (κ1) is 18.8. The van der Waals surface area contributed by atoms with Crippen LogP contribution >= 0.6 is 0 Å². The molecule has 0 saturated carbocycles. The highest BCUT2D eigenvalue weighted by Crippen LogP contribution is 2.22. The van der Waals surface area contributed by atoms with Gasteiger partial charge in [-0.15, -0.1) is 0 Å². The molecule has 26 heavy (non-hydrogen) atoms. The van der Waals surface area contributed by atoms with Gasteiger partial charge < -0.3 is 19.7 Å². The smallest absolute Gasteiger partial charge is 0.321 e. The molecule has 0 aliphatic carbocycles. The minimum absolute atomic E-state index is 0.0285. The Labute approximate surface area is 157 Å². The van der Waals surface area contributed by atoms with Gasteiger partial charge in [-0.2, -0.15) is 0 Å². The zero-order valence-electron chi connectivity index (χ0n) is 16.5. The van der Waals surface area contributed by atoms with Gasteiger partial charge in [0, 0.05) is 49.5 Å². The van der Waals surface area contributed by atoms with E-state index in [0.29, 0.717) is 11.8 Å². The number of benzene rings is 1. The summed E-state index contributed by atoms with van der Waals surface area (Å²) in [6.07, 6.45) is 4.56. The van der Waals surface area contributed by atoms with Gasteiger partial charge in [0.2, 0.25) is 0 Å². The predicted octanol–water partition coefficient (Wildman–Crippen LogP) is 4.10. The molecular weight excluding hydrogens is 324 g/mol. The van der Waals surface area contributed by atoms with Gasteiger partial charge in [-0.3, -0.25) is 0 Å². The Morgan fingerprint density at radius 3 is 2.88 bits per heavy atom. The van der Waals surface area contributed by atoms with Crippen molar-refractivity contribution in [2.45, 2.75) is 33.2 Å². The number of carbonyl (C=O) groups excluding carboxylic acids is 1. The van der Waals surface area contributed by atoms with E-state index in [-0.39, 0.29) is 6.03 Å². The van der Waals surface area contributed by atoms with E-state index in [4.69, 9.17) is 0 Å². The Kier molecular flexibility index (Phi) is 5.87. The summed E-state index contributed by atoms with van der Waals surface area (Å²) in [4.78, 5) is 16.7. The Bertz CT molecular complexity index is 752. The fourth-order valence-corrected chi connectivity index (χ4v) is 3.94. The van der Waals surface area contributed by atoms with Crippen molar-refractivity contribution in [2.75, 3.05) is 39.0 Å². The monoisotopic (exact) mass is 356 g/mol. The zero-order chi connectivity index (χ0) is 18.7. The number of nitrogens with zero attached hydrogens (tertiary/aromatic N) is 3. The summed E-state index contributed by atoms with van der Waals surface area (Å²) in [7, 11) is 4.05. The number of hydrogen-bond donors (Lipinski definition) is 1. The maximum atomic E-state index is 12.6. The molecule has 1 aromatic heterocycles. The van der Waals surface area contributed by atoms with Crippen molar-refractivity contribution >= 4 is 22.6 Å². The van der Waals surface area contributed by atoms with Crippen molar-refractivity contribution in [3.63, 3.8) is 0 Å². The molecule has 1 aliphatic rings. The van der Waals surface area contributed by atoms with Gasteiger partial charge in [0.15, 0.2) is 0 Å². The Hall–Kier alpha value is -2.01. The van der Waals surface area contributed by atoms with Crippen LogP contribution in [0, 0.1) is 11.8 Å². The second-order valence-corrected chi connectivity index (χ2v) is 8.22. The molecule has 1 fully saturated rings. The summed E-state index contributed by atoms with van der Waals surface area (Å²) in [6, 6.07) is 8.25. The van der Waals surface area contributed by atoms with Crippen LogP contribution in [0.25, 0.3) is 10.9 Å². The number of rotatable bonds is 5. The average molecular weight is 357 g/mol. The van der Waals surface area contributed by atoms with Gasteiger partial charge in [0.05, 0.1) is 0 Å². The van der Waals surface area contributed by atoms with E-state index in [0.717, 1.165) is 25.3 Å².